The van der Waals surface area contributed by atoms with Crippen LogP contribution in [0.2, 0.25) is 0 Å². The van der Waals surface area contributed by atoms with Gasteiger partial charge in [-0.1, -0.05) is 53.7 Å². The first-order chi connectivity index (χ1) is 15.9. The summed E-state index contributed by atoms with van der Waals surface area (Å²) in [5.74, 6) is 1.23. The Morgan fingerprint density at radius 2 is 1.79 bits per heavy atom. The number of aromatic nitrogens is 3. The van der Waals surface area contributed by atoms with Crippen molar-refractivity contribution in [1.82, 2.24) is 25.0 Å². The quantitative estimate of drug-likeness (QED) is 0.527. The number of rotatable bonds is 7. The Morgan fingerprint density at radius 3 is 2.55 bits per heavy atom. The Bertz CT molecular complexity index is 1120. The third kappa shape index (κ3) is 6.03. The lowest BCUT2D eigenvalue weighted by Gasteiger charge is -2.32. The molecule has 0 aliphatic carbocycles. The number of aryl methyl sites for hydroxylation is 4. The minimum Gasteiger partial charge on any atom is -0.353 e. The lowest BCUT2D eigenvalue weighted by atomic mass is 10.0. The first-order valence-corrected chi connectivity index (χ1v) is 12.6. The maximum Gasteiger partial charge on any atom is 0.230 e. The molecule has 4 rings (SSSR count). The molecule has 0 atom stereocenters. The van der Waals surface area contributed by atoms with Gasteiger partial charge in [-0.05, 0) is 63.3 Å². The number of hydrogen-bond donors (Lipinski definition) is 1. The fourth-order valence-electron chi connectivity index (χ4n) is 4.38. The summed E-state index contributed by atoms with van der Waals surface area (Å²) < 4.78 is 2.05. The van der Waals surface area contributed by atoms with E-state index in [9.17, 15) is 4.79 Å². The third-order valence-corrected chi connectivity index (χ3v) is 7.10. The fourth-order valence-corrected chi connectivity index (χ4v) is 5.18. The minimum atomic E-state index is 0.0605. The number of carbonyl (C=O) groups is 1. The number of benzene rings is 2. The molecule has 0 radical (unpaired) electrons. The second-order valence-electron chi connectivity index (χ2n) is 9.05. The van der Waals surface area contributed by atoms with E-state index in [1.165, 1.54) is 28.5 Å². The Labute approximate surface area is 200 Å². The van der Waals surface area contributed by atoms with Crippen LogP contribution in [-0.2, 0) is 11.3 Å². The highest BCUT2D eigenvalue weighted by atomic mass is 32.2. The summed E-state index contributed by atoms with van der Waals surface area (Å²) in [6.45, 7) is 11.2. The van der Waals surface area contributed by atoms with Gasteiger partial charge in [0, 0.05) is 25.7 Å². The van der Waals surface area contributed by atoms with Gasteiger partial charge in [-0.3, -0.25) is 14.3 Å². The minimum absolute atomic E-state index is 0.0605. The molecule has 0 unspecified atom stereocenters. The monoisotopic (exact) mass is 463 g/mol. The van der Waals surface area contributed by atoms with Crippen molar-refractivity contribution in [2.24, 2.45) is 0 Å². The van der Waals surface area contributed by atoms with Crippen LogP contribution in [0.25, 0.3) is 5.69 Å². The maximum atomic E-state index is 12.7. The van der Waals surface area contributed by atoms with Gasteiger partial charge in [0.2, 0.25) is 5.91 Å². The summed E-state index contributed by atoms with van der Waals surface area (Å²) in [5, 5.41) is 12.6. The van der Waals surface area contributed by atoms with Crippen LogP contribution in [-0.4, -0.2) is 50.5 Å². The van der Waals surface area contributed by atoms with Gasteiger partial charge in [0.25, 0.3) is 0 Å². The van der Waals surface area contributed by atoms with Crippen LogP contribution in [0.4, 0.5) is 0 Å². The number of amides is 1. The summed E-state index contributed by atoms with van der Waals surface area (Å²) >= 11 is 1.44. The van der Waals surface area contributed by atoms with Crippen molar-refractivity contribution in [1.29, 1.82) is 0 Å². The molecular formula is C26H33N5OS. The van der Waals surface area contributed by atoms with Crippen molar-refractivity contribution in [3.8, 4) is 5.69 Å². The number of hydrogen-bond acceptors (Lipinski definition) is 5. The van der Waals surface area contributed by atoms with Gasteiger partial charge in [0.05, 0.1) is 11.4 Å². The summed E-state index contributed by atoms with van der Waals surface area (Å²) in [4.78, 5) is 15.1. The first-order valence-electron chi connectivity index (χ1n) is 11.6. The van der Waals surface area contributed by atoms with Crippen molar-refractivity contribution >= 4 is 17.7 Å². The van der Waals surface area contributed by atoms with Gasteiger partial charge in [-0.25, -0.2) is 0 Å². The molecule has 3 aromatic rings. The second kappa shape index (κ2) is 10.5. The molecule has 1 N–H and O–H groups in total. The summed E-state index contributed by atoms with van der Waals surface area (Å²) in [5.41, 5.74) is 6.08. The highest BCUT2D eigenvalue weighted by molar-refractivity contribution is 7.99. The van der Waals surface area contributed by atoms with Gasteiger partial charge in [0.15, 0.2) is 5.16 Å². The van der Waals surface area contributed by atoms with E-state index in [1.807, 2.05) is 11.5 Å². The molecule has 1 fully saturated rings. The summed E-state index contributed by atoms with van der Waals surface area (Å²) in [6.07, 6.45) is 1.97. The molecule has 1 aliphatic rings. The van der Waals surface area contributed by atoms with Crippen LogP contribution in [0.3, 0.4) is 0 Å². The van der Waals surface area contributed by atoms with Crippen LogP contribution < -0.4 is 5.32 Å². The molecule has 0 bridgehead atoms. The van der Waals surface area contributed by atoms with Gasteiger partial charge in [-0.15, -0.1) is 10.2 Å². The van der Waals surface area contributed by atoms with E-state index in [-0.39, 0.29) is 11.9 Å². The Morgan fingerprint density at radius 1 is 1.03 bits per heavy atom. The maximum absolute atomic E-state index is 12.7. The molecule has 7 heteroatoms. The second-order valence-corrected chi connectivity index (χ2v) is 9.99. The smallest absolute Gasteiger partial charge is 0.230 e. The molecule has 174 valence electrons. The molecule has 0 spiro atoms. The molecule has 1 amide bonds. The van der Waals surface area contributed by atoms with Gasteiger partial charge in [0.1, 0.15) is 5.82 Å². The standard InChI is InChI=1S/C26H33N5OS/c1-18-6-5-7-22(14-18)16-30-12-10-23(11-13-30)27-25(32)17-33-26-29-28-21(4)31(26)24-15-19(2)8-9-20(24)3/h5-9,14-15,23H,10-13,16-17H2,1-4H3,(H,27,32). The van der Waals surface area contributed by atoms with Crippen LogP contribution in [0.1, 0.15) is 40.9 Å². The van der Waals surface area contributed by atoms with E-state index in [4.69, 9.17) is 0 Å². The number of nitrogens with one attached hydrogen (secondary N) is 1. The lowest BCUT2D eigenvalue weighted by molar-refractivity contribution is -0.119. The molecule has 0 saturated carbocycles. The average Bonchev–Trinajstić information content (AvgIpc) is 3.15. The van der Waals surface area contributed by atoms with Gasteiger partial charge < -0.3 is 5.32 Å². The largest absolute Gasteiger partial charge is 0.353 e. The Balaban J connectivity index is 1.28. The predicted octanol–water partition coefficient (Wildman–Crippen LogP) is 4.37. The number of likely N-dealkylation sites (tertiary alicyclic amines) is 1. The Hall–Kier alpha value is -2.64. The molecule has 2 heterocycles. The topological polar surface area (TPSA) is 63.1 Å². The van der Waals surface area contributed by atoms with Crippen LogP contribution >= 0.6 is 11.8 Å². The molecule has 1 aliphatic heterocycles. The highest BCUT2D eigenvalue weighted by Crippen LogP contribution is 2.25. The van der Waals surface area contributed by atoms with Crippen LogP contribution in [0.15, 0.2) is 47.6 Å². The first kappa shape index (κ1) is 23.5. The lowest BCUT2D eigenvalue weighted by Crippen LogP contribution is -2.44. The summed E-state index contributed by atoms with van der Waals surface area (Å²) in [6, 6.07) is 15.3. The molecule has 6 nitrogen and oxygen atoms in total. The molecule has 1 saturated heterocycles. The van der Waals surface area contributed by atoms with Crippen LogP contribution in [0.5, 0.6) is 0 Å². The predicted molar refractivity (Wildman–Crippen MR) is 134 cm³/mol. The van der Waals surface area contributed by atoms with Gasteiger partial charge >= 0.3 is 0 Å². The number of nitrogens with zero attached hydrogens (tertiary/aromatic N) is 4. The molecule has 33 heavy (non-hydrogen) atoms. The van der Waals surface area contributed by atoms with E-state index >= 15 is 0 Å². The zero-order valence-corrected chi connectivity index (χ0v) is 20.8. The van der Waals surface area contributed by atoms with E-state index < -0.39 is 0 Å². The SMILES string of the molecule is Cc1cccc(CN2CCC(NC(=O)CSc3nnc(C)n3-c3cc(C)ccc3C)CC2)c1. The highest BCUT2D eigenvalue weighted by Gasteiger charge is 2.21. The van der Waals surface area contributed by atoms with Crippen molar-refractivity contribution in [2.75, 3.05) is 18.8 Å². The molecule has 2 aromatic carbocycles. The van der Waals surface area contributed by atoms with E-state index in [2.05, 4.69) is 83.6 Å². The number of piperidine rings is 1. The third-order valence-electron chi connectivity index (χ3n) is 6.17. The van der Waals surface area contributed by atoms with E-state index in [1.54, 1.807) is 0 Å². The number of carbonyl (C=O) groups excluding carboxylic acids is 1. The zero-order valence-electron chi connectivity index (χ0n) is 20.0. The summed E-state index contributed by atoms with van der Waals surface area (Å²) in [7, 11) is 0. The van der Waals surface area contributed by atoms with E-state index in [0.29, 0.717) is 5.75 Å². The fraction of sp³-hybridized carbons (Fsp3) is 0.423. The average molecular weight is 464 g/mol. The van der Waals surface area contributed by atoms with Crippen molar-refractivity contribution in [2.45, 2.75) is 58.3 Å². The Kier molecular flexibility index (Phi) is 7.50. The van der Waals surface area contributed by atoms with E-state index in [0.717, 1.165) is 54.7 Å². The van der Waals surface area contributed by atoms with Gasteiger partial charge in [-0.2, -0.15) is 0 Å². The molecular weight excluding hydrogens is 430 g/mol. The van der Waals surface area contributed by atoms with Crippen LogP contribution in [0, 0.1) is 27.7 Å². The number of thioether (sulfide) groups is 1. The zero-order chi connectivity index (χ0) is 23.4. The van der Waals surface area contributed by atoms with Crippen molar-refractivity contribution in [3.63, 3.8) is 0 Å². The molecule has 1 aromatic heterocycles. The van der Waals surface area contributed by atoms with Crippen molar-refractivity contribution in [3.05, 3.63) is 70.5 Å². The van der Waals surface area contributed by atoms with Crippen molar-refractivity contribution < 1.29 is 4.79 Å². The normalized spacial score (nSPS) is 15.0.